The van der Waals surface area contributed by atoms with Gasteiger partial charge >= 0.3 is 0 Å². The van der Waals surface area contributed by atoms with Crippen LogP contribution in [0, 0.1) is 11.6 Å². The molecule has 2 atom stereocenters. The molecule has 2 fully saturated rings. The number of carbonyl (C=O) groups is 1. The number of rotatable bonds is 2. The third-order valence-electron chi connectivity index (χ3n) is 4.28. The Hall–Kier alpha value is -1.49. The van der Waals surface area contributed by atoms with E-state index in [2.05, 4.69) is 5.32 Å². The molecule has 5 heteroatoms. The van der Waals surface area contributed by atoms with Gasteiger partial charge in [-0.1, -0.05) is 6.07 Å². The minimum atomic E-state index is -0.846. The summed E-state index contributed by atoms with van der Waals surface area (Å²) in [6.45, 7) is 2.34. The fourth-order valence-corrected chi connectivity index (χ4v) is 3.20. The van der Waals surface area contributed by atoms with E-state index in [1.165, 1.54) is 6.07 Å². The van der Waals surface area contributed by atoms with Gasteiger partial charge in [0.15, 0.2) is 11.6 Å². The van der Waals surface area contributed by atoms with Crippen molar-refractivity contribution >= 4 is 5.91 Å². The van der Waals surface area contributed by atoms with E-state index in [9.17, 15) is 13.6 Å². The van der Waals surface area contributed by atoms with Crippen molar-refractivity contribution in [1.29, 1.82) is 0 Å². The largest absolute Gasteiger partial charge is 0.341 e. The summed E-state index contributed by atoms with van der Waals surface area (Å²) in [6, 6.07) is 3.63. The van der Waals surface area contributed by atoms with Crippen molar-refractivity contribution in [2.75, 3.05) is 19.6 Å². The van der Waals surface area contributed by atoms with E-state index in [0.29, 0.717) is 5.56 Å². The summed E-state index contributed by atoms with van der Waals surface area (Å²) in [7, 11) is 0. The molecule has 0 aromatic heterocycles. The smallest absolute Gasteiger partial charge is 0.240 e. The van der Waals surface area contributed by atoms with Gasteiger partial charge in [0.25, 0.3) is 0 Å². The zero-order valence-corrected chi connectivity index (χ0v) is 11.2. The Morgan fingerprint density at radius 3 is 2.65 bits per heavy atom. The zero-order valence-electron chi connectivity index (χ0n) is 11.2. The van der Waals surface area contributed by atoms with Crippen LogP contribution in [0.1, 0.15) is 30.7 Å². The molecule has 1 unspecified atom stereocenters. The zero-order chi connectivity index (χ0) is 14.1. The highest BCUT2D eigenvalue weighted by molar-refractivity contribution is 5.83. The molecule has 1 aromatic carbocycles. The molecule has 0 bridgehead atoms. The van der Waals surface area contributed by atoms with Gasteiger partial charge in [-0.25, -0.2) is 8.78 Å². The number of hydrogen-bond donors (Lipinski definition) is 1. The summed E-state index contributed by atoms with van der Waals surface area (Å²) in [4.78, 5) is 14.3. The van der Waals surface area contributed by atoms with Crippen LogP contribution in [0.4, 0.5) is 8.78 Å². The molecule has 0 aliphatic carbocycles. The summed E-state index contributed by atoms with van der Waals surface area (Å²) >= 11 is 0. The number of carbonyl (C=O) groups excluding carboxylic acids is 1. The Morgan fingerprint density at radius 1 is 1.20 bits per heavy atom. The molecule has 1 amide bonds. The quantitative estimate of drug-likeness (QED) is 0.899. The highest BCUT2D eigenvalue weighted by atomic mass is 19.2. The maximum absolute atomic E-state index is 13.4. The third-order valence-corrected chi connectivity index (χ3v) is 4.28. The second kappa shape index (κ2) is 5.48. The van der Waals surface area contributed by atoms with Crippen LogP contribution >= 0.6 is 0 Å². The van der Waals surface area contributed by atoms with Gasteiger partial charge in [0.05, 0.1) is 6.04 Å². The van der Waals surface area contributed by atoms with E-state index in [1.54, 1.807) is 6.07 Å². The molecular weight excluding hydrogens is 262 g/mol. The lowest BCUT2D eigenvalue weighted by Gasteiger charge is -2.24. The maximum atomic E-state index is 13.4. The third kappa shape index (κ3) is 2.42. The molecule has 0 radical (unpaired) electrons. The lowest BCUT2D eigenvalue weighted by atomic mass is 9.91. The van der Waals surface area contributed by atoms with Crippen molar-refractivity contribution in [1.82, 2.24) is 10.2 Å². The Balaban J connectivity index is 1.80. The van der Waals surface area contributed by atoms with Crippen molar-refractivity contribution < 1.29 is 13.6 Å². The molecular formula is C15H18F2N2O. The summed E-state index contributed by atoms with van der Waals surface area (Å²) in [5.74, 6) is -1.67. The van der Waals surface area contributed by atoms with Crippen LogP contribution in [0.2, 0.25) is 0 Å². The first-order valence-electron chi connectivity index (χ1n) is 7.14. The molecule has 2 aliphatic heterocycles. The molecule has 3 nitrogen and oxygen atoms in total. The summed E-state index contributed by atoms with van der Waals surface area (Å²) in [5, 5.41) is 3.21. The fraction of sp³-hybridized carbons (Fsp3) is 0.533. The highest BCUT2D eigenvalue weighted by Gasteiger charge is 2.37. The lowest BCUT2D eigenvalue weighted by molar-refractivity contribution is -0.132. The Kier molecular flexibility index (Phi) is 3.70. The normalized spacial score (nSPS) is 26.2. The number of benzene rings is 1. The van der Waals surface area contributed by atoms with Crippen LogP contribution in [0.5, 0.6) is 0 Å². The topological polar surface area (TPSA) is 32.3 Å². The van der Waals surface area contributed by atoms with Gasteiger partial charge in [-0.05, 0) is 43.5 Å². The average molecular weight is 280 g/mol. The molecule has 3 rings (SSSR count). The summed E-state index contributed by atoms with van der Waals surface area (Å²) in [6.07, 6.45) is 2.87. The first-order chi connectivity index (χ1) is 9.66. The van der Waals surface area contributed by atoms with E-state index in [4.69, 9.17) is 0 Å². The van der Waals surface area contributed by atoms with Gasteiger partial charge in [0, 0.05) is 19.0 Å². The number of nitrogens with zero attached hydrogens (tertiary/aromatic N) is 1. The minimum absolute atomic E-state index is 0.0711. The first-order valence-corrected chi connectivity index (χ1v) is 7.14. The van der Waals surface area contributed by atoms with Crippen molar-refractivity contribution in [3.63, 3.8) is 0 Å². The fourth-order valence-electron chi connectivity index (χ4n) is 3.20. The van der Waals surface area contributed by atoms with Gasteiger partial charge in [0.1, 0.15) is 0 Å². The molecule has 108 valence electrons. The van der Waals surface area contributed by atoms with Crippen LogP contribution in [-0.4, -0.2) is 36.5 Å². The van der Waals surface area contributed by atoms with Gasteiger partial charge in [-0.15, -0.1) is 0 Å². The van der Waals surface area contributed by atoms with Gasteiger partial charge in [-0.3, -0.25) is 4.79 Å². The van der Waals surface area contributed by atoms with E-state index in [0.717, 1.165) is 45.0 Å². The highest BCUT2D eigenvalue weighted by Crippen LogP contribution is 2.30. The van der Waals surface area contributed by atoms with E-state index < -0.39 is 11.6 Å². The Morgan fingerprint density at radius 2 is 1.95 bits per heavy atom. The van der Waals surface area contributed by atoms with Crippen molar-refractivity contribution in [2.24, 2.45) is 0 Å². The van der Waals surface area contributed by atoms with Gasteiger partial charge in [-0.2, -0.15) is 0 Å². The number of likely N-dealkylation sites (tertiary alicyclic amines) is 1. The van der Waals surface area contributed by atoms with Crippen molar-refractivity contribution in [3.8, 4) is 0 Å². The molecule has 1 aromatic rings. The van der Waals surface area contributed by atoms with Gasteiger partial charge < -0.3 is 10.2 Å². The van der Waals surface area contributed by atoms with E-state index >= 15 is 0 Å². The van der Waals surface area contributed by atoms with Gasteiger partial charge in [0.2, 0.25) is 5.91 Å². The predicted molar refractivity (Wildman–Crippen MR) is 71.3 cm³/mol. The predicted octanol–water partition coefficient (Wildman–Crippen LogP) is 2.03. The van der Waals surface area contributed by atoms with Crippen LogP contribution in [0.25, 0.3) is 0 Å². The van der Waals surface area contributed by atoms with E-state index in [-0.39, 0.29) is 17.9 Å². The number of amides is 1. The van der Waals surface area contributed by atoms with Crippen LogP contribution in [-0.2, 0) is 4.79 Å². The summed E-state index contributed by atoms with van der Waals surface area (Å²) < 4.78 is 26.4. The van der Waals surface area contributed by atoms with Crippen LogP contribution < -0.4 is 5.32 Å². The summed E-state index contributed by atoms with van der Waals surface area (Å²) in [5.41, 5.74) is 0.700. The Bertz CT molecular complexity index is 515. The molecule has 0 spiro atoms. The Labute approximate surface area is 117 Å². The molecule has 1 N–H and O–H groups in total. The molecule has 2 heterocycles. The first kappa shape index (κ1) is 13.5. The number of nitrogens with one attached hydrogen (secondary N) is 1. The van der Waals surface area contributed by atoms with Crippen molar-refractivity contribution in [2.45, 2.75) is 31.2 Å². The SMILES string of the molecule is O=C(C1NCC[C@H]1c1ccc(F)c(F)c1)N1CCCC1. The monoisotopic (exact) mass is 280 g/mol. The number of hydrogen-bond acceptors (Lipinski definition) is 2. The maximum Gasteiger partial charge on any atom is 0.240 e. The number of halogens is 2. The minimum Gasteiger partial charge on any atom is -0.341 e. The second-order valence-corrected chi connectivity index (χ2v) is 5.53. The lowest BCUT2D eigenvalue weighted by Crippen LogP contribution is -2.44. The average Bonchev–Trinajstić information content (AvgIpc) is 3.11. The molecule has 2 saturated heterocycles. The molecule has 20 heavy (non-hydrogen) atoms. The second-order valence-electron chi connectivity index (χ2n) is 5.53. The van der Waals surface area contributed by atoms with Crippen molar-refractivity contribution in [3.05, 3.63) is 35.4 Å². The van der Waals surface area contributed by atoms with Crippen LogP contribution in [0.15, 0.2) is 18.2 Å². The van der Waals surface area contributed by atoms with Crippen LogP contribution in [0.3, 0.4) is 0 Å². The van der Waals surface area contributed by atoms with E-state index in [1.807, 2.05) is 4.90 Å². The standard InChI is InChI=1S/C15H18F2N2O/c16-12-4-3-10(9-13(12)17)11-5-6-18-14(11)15(20)19-7-1-2-8-19/h3-4,9,11,14,18H,1-2,5-8H2/t11-,14?/m0/s1. The molecule has 0 saturated carbocycles. The molecule has 2 aliphatic rings.